The second kappa shape index (κ2) is 3.67. The summed E-state index contributed by atoms with van der Waals surface area (Å²) < 4.78 is 8.76. The molecule has 0 fully saturated rings. The highest BCUT2D eigenvalue weighted by atomic mass is 79.9. The molecule has 0 amide bonds. The molecule has 0 saturated carbocycles. The molecular weight excluding hydrogens is 266 g/mol. The third kappa shape index (κ3) is 1.42. The van der Waals surface area contributed by atoms with Gasteiger partial charge in [-0.3, -0.25) is 4.79 Å². The van der Waals surface area contributed by atoms with Crippen molar-refractivity contribution in [2.45, 2.75) is 0 Å². The van der Waals surface area contributed by atoms with Gasteiger partial charge >= 0.3 is 0 Å². The first kappa shape index (κ1) is 9.61. The lowest BCUT2D eigenvalue weighted by molar-refractivity contribution is 0.112. The van der Waals surface area contributed by atoms with Crippen LogP contribution < -0.4 is 4.72 Å². The highest BCUT2D eigenvalue weighted by molar-refractivity contribution is 9.10. The standard InChI is InChI=1S/C9H6BrNO2S/c10-7-1-6-5(3-12)4-13-9(6)2-8(7)11-14/h1-4,11,14H. The van der Waals surface area contributed by atoms with Crippen molar-refractivity contribution < 1.29 is 9.21 Å². The van der Waals surface area contributed by atoms with Crippen LogP contribution in [-0.4, -0.2) is 6.29 Å². The molecule has 0 saturated heterocycles. The number of benzene rings is 1. The zero-order valence-electron chi connectivity index (χ0n) is 6.95. The number of hydrogen-bond acceptors (Lipinski definition) is 4. The molecule has 0 radical (unpaired) electrons. The molecule has 0 aliphatic heterocycles. The van der Waals surface area contributed by atoms with Crippen LogP contribution >= 0.6 is 28.7 Å². The Kier molecular flexibility index (Phi) is 2.52. The minimum Gasteiger partial charge on any atom is -0.463 e. The number of carbonyl (C=O) groups is 1. The zero-order chi connectivity index (χ0) is 10.1. The van der Waals surface area contributed by atoms with Crippen molar-refractivity contribution in [3.63, 3.8) is 0 Å². The average Bonchev–Trinajstić information content (AvgIpc) is 2.58. The van der Waals surface area contributed by atoms with Gasteiger partial charge in [0.05, 0.1) is 11.3 Å². The summed E-state index contributed by atoms with van der Waals surface area (Å²) in [5.74, 6) is 0. The van der Waals surface area contributed by atoms with Gasteiger partial charge in [0, 0.05) is 15.9 Å². The Balaban J connectivity index is 2.75. The Hall–Kier alpha value is -0.940. The molecule has 1 N–H and O–H groups in total. The molecule has 2 rings (SSSR count). The molecule has 3 nitrogen and oxygen atoms in total. The molecule has 14 heavy (non-hydrogen) atoms. The molecule has 0 unspecified atom stereocenters. The average molecular weight is 272 g/mol. The number of thiol groups is 1. The van der Waals surface area contributed by atoms with E-state index in [-0.39, 0.29) is 0 Å². The van der Waals surface area contributed by atoms with Crippen molar-refractivity contribution in [2.75, 3.05) is 4.72 Å². The topological polar surface area (TPSA) is 42.2 Å². The van der Waals surface area contributed by atoms with E-state index in [1.54, 1.807) is 6.07 Å². The van der Waals surface area contributed by atoms with E-state index in [0.717, 1.165) is 21.8 Å². The van der Waals surface area contributed by atoms with Crippen LogP contribution in [0, 0.1) is 0 Å². The highest BCUT2D eigenvalue weighted by Gasteiger charge is 2.08. The molecule has 1 aromatic carbocycles. The summed E-state index contributed by atoms with van der Waals surface area (Å²) in [6, 6.07) is 3.60. The fourth-order valence-corrected chi connectivity index (χ4v) is 2.02. The minimum absolute atomic E-state index is 0.548. The monoisotopic (exact) mass is 271 g/mol. The lowest BCUT2D eigenvalue weighted by atomic mass is 10.2. The maximum atomic E-state index is 10.6. The van der Waals surface area contributed by atoms with E-state index in [0.29, 0.717) is 11.1 Å². The predicted octanol–water partition coefficient (Wildman–Crippen LogP) is 3.26. The summed E-state index contributed by atoms with van der Waals surface area (Å²) in [4.78, 5) is 10.6. The molecule has 1 heterocycles. The maximum absolute atomic E-state index is 10.6. The summed E-state index contributed by atoms with van der Waals surface area (Å²) in [6.07, 6.45) is 2.21. The number of hydrogen-bond donors (Lipinski definition) is 2. The van der Waals surface area contributed by atoms with Gasteiger partial charge in [-0.15, -0.1) is 0 Å². The van der Waals surface area contributed by atoms with Crippen LogP contribution in [0.5, 0.6) is 0 Å². The Bertz CT molecular complexity index is 495. The summed E-state index contributed by atoms with van der Waals surface area (Å²) in [6.45, 7) is 0. The normalized spacial score (nSPS) is 10.4. The number of carbonyl (C=O) groups excluding carboxylic acids is 1. The Morgan fingerprint density at radius 1 is 1.50 bits per heavy atom. The van der Waals surface area contributed by atoms with Gasteiger partial charge in [-0.1, -0.05) is 12.8 Å². The number of furan rings is 1. The Labute approximate surface area is 94.1 Å². The Morgan fingerprint density at radius 2 is 2.29 bits per heavy atom. The molecule has 2 aromatic rings. The van der Waals surface area contributed by atoms with Gasteiger partial charge < -0.3 is 9.14 Å². The van der Waals surface area contributed by atoms with Gasteiger partial charge in [0.2, 0.25) is 0 Å². The first-order valence-electron chi connectivity index (χ1n) is 3.82. The molecule has 0 aliphatic carbocycles. The molecule has 0 bridgehead atoms. The number of aldehydes is 1. The minimum atomic E-state index is 0.548. The van der Waals surface area contributed by atoms with E-state index in [9.17, 15) is 4.79 Å². The first-order valence-corrected chi connectivity index (χ1v) is 5.06. The SMILES string of the molecule is O=Cc1coc2cc(NS)c(Br)cc12. The van der Waals surface area contributed by atoms with E-state index in [2.05, 4.69) is 33.5 Å². The number of fused-ring (bicyclic) bond motifs is 1. The van der Waals surface area contributed by atoms with Gasteiger partial charge in [0.25, 0.3) is 0 Å². The van der Waals surface area contributed by atoms with Crippen LogP contribution in [0.3, 0.4) is 0 Å². The van der Waals surface area contributed by atoms with Crippen molar-refractivity contribution in [1.29, 1.82) is 0 Å². The van der Waals surface area contributed by atoms with E-state index in [1.807, 2.05) is 6.07 Å². The van der Waals surface area contributed by atoms with Gasteiger partial charge in [0.15, 0.2) is 6.29 Å². The molecular formula is C9H6BrNO2S. The third-order valence-electron chi connectivity index (χ3n) is 1.94. The van der Waals surface area contributed by atoms with E-state index < -0.39 is 0 Å². The number of anilines is 1. The summed E-state index contributed by atoms with van der Waals surface area (Å²) in [7, 11) is 0. The third-order valence-corrected chi connectivity index (χ3v) is 2.84. The molecule has 0 atom stereocenters. The van der Waals surface area contributed by atoms with Crippen LogP contribution in [0.15, 0.2) is 27.3 Å². The van der Waals surface area contributed by atoms with Crippen LogP contribution in [0.2, 0.25) is 0 Å². The summed E-state index contributed by atoms with van der Waals surface area (Å²) in [5.41, 5.74) is 2.01. The largest absolute Gasteiger partial charge is 0.463 e. The van der Waals surface area contributed by atoms with Crippen molar-refractivity contribution in [3.05, 3.63) is 28.4 Å². The van der Waals surface area contributed by atoms with Gasteiger partial charge in [-0.05, 0) is 22.0 Å². The van der Waals surface area contributed by atoms with Crippen LogP contribution in [0.25, 0.3) is 11.0 Å². The van der Waals surface area contributed by atoms with Gasteiger partial charge in [0.1, 0.15) is 11.8 Å². The van der Waals surface area contributed by atoms with E-state index >= 15 is 0 Å². The van der Waals surface area contributed by atoms with Gasteiger partial charge in [-0.25, -0.2) is 0 Å². The molecule has 0 aliphatic rings. The fraction of sp³-hybridized carbons (Fsp3) is 0. The quantitative estimate of drug-likeness (QED) is 0.651. The van der Waals surface area contributed by atoms with E-state index in [4.69, 9.17) is 4.42 Å². The summed E-state index contributed by atoms with van der Waals surface area (Å²) in [5, 5.41) is 0.791. The van der Waals surface area contributed by atoms with Crippen molar-refractivity contribution in [2.24, 2.45) is 0 Å². The predicted molar refractivity (Wildman–Crippen MR) is 61.9 cm³/mol. The smallest absolute Gasteiger partial charge is 0.153 e. The number of halogens is 1. The molecule has 0 spiro atoms. The lowest BCUT2D eigenvalue weighted by Gasteiger charge is -2.01. The van der Waals surface area contributed by atoms with Crippen molar-refractivity contribution >= 4 is 51.7 Å². The Morgan fingerprint density at radius 3 is 2.93 bits per heavy atom. The van der Waals surface area contributed by atoms with E-state index in [1.165, 1.54) is 6.26 Å². The summed E-state index contributed by atoms with van der Waals surface area (Å²) >= 11 is 7.30. The van der Waals surface area contributed by atoms with Crippen molar-refractivity contribution in [3.8, 4) is 0 Å². The van der Waals surface area contributed by atoms with Crippen LogP contribution in [0.4, 0.5) is 5.69 Å². The number of rotatable bonds is 2. The second-order valence-electron chi connectivity index (χ2n) is 2.75. The molecule has 1 aromatic heterocycles. The van der Waals surface area contributed by atoms with Crippen LogP contribution in [-0.2, 0) is 0 Å². The number of nitrogens with one attached hydrogen (secondary N) is 1. The maximum Gasteiger partial charge on any atom is 0.153 e. The molecule has 72 valence electrons. The lowest BCUT2D eigenvalue weighted by Crippen LogP contribution is -1.82. The van der Waals surface area contributed by atoms with Gasteiger partial charge in [-0.2, -0.15) is 0 Å². The highest BCUT2D eigenvalue weighted by Crippen LogP contribution is 2.31. The molecule has 5 heteroatoms. The van der Waals surface area contributed by atoms with Crippen LogP contribution in [0.1, 0.15) is 10.4 Å². The first-order chi connectivity index (χ1) is 6.76. The van der Waals surface area contributed by atoms with Crippen molar-refractivity contribution in [1.82, 2.24) is 0 Å². The fourth-order valence-electron chi connectivity index (χ4n) is 1.24. The zero-order valence-corrected chi connectivity index (χ0v) is 9.43. The second-order valence-corrected chi connectivity index (χ2v) is 3.83.